The van der Waals surface area contributed by atoms with Gasteiger partial charge in [0, 0.05) is 13.1 Å². The van der Waals surface area contributed by atoms with Crippen molar-refractivity contribution in [3.63, 3.8) is 0 Å². The van der Waals surface area contributed by atoms with E-state index < -0.39 is 51.2 Å². The quantitative estimate of drug-likeness (QED) is 0.444. The van der Waals surface area contributed by atoms with Crippen molar-refractivity contribution in [1.29, 1.82) is 0 Å². The van der Waals surface area contributed by atoms with Gasteiger partial charge in [-0.25, -0.2) is 8.42 Å². The van der Waals surface area contributed by atoms with Crippen molar-refractivity contribution in [1.82, 2.24) is 10.2 Å². The topological polar surface area (TPSA) is 96.0 Å². The molecule has 1 atom stereocenters. The van der Waals surface area contributed by atoms with Gasteiger partial charge in [0.05, 0.1) is 29.6 Å². The minimum atomic E-state index is -4.84. The molecule has 0 fully saturated rings. The zero-order valence-electron chi connectivity index (χ0n) is 20.8. The SMILES string of the molecule is CCNC(=O)[C@H](CC)N(Cc1cccc(OC)c1)C(=O)CN(c1ccc(Cl)c(C(F)(F)F)c1)S(C)(=O)=O. The van der Waals surface area contributed by atoms with E-state index in [4.69, 9.17) is 16.3 Å². The third-order valence-corrected chi connectivity index (χ3v) is 6.92. The third kappa shape index (κ3) is 8.00. The first-order valence-corrected chi connectivity index (χ1v) is 13.5. The number of hydrogen-bond donors (Lipinski definition) is 1. The summed E-state index contributed by atoms with van der Waals surface area (Å²) >= 11 is 5.68. The molecule has 2 rings (SSSR count). The molecule has 0 radical (unpaired) electrons. The Morgan fingerprint density at radius 3 is 2.35 bits per heavy atom. The van der Waals surface area contributed by atoms with Crippen LogP contribution >= 0.6 is 11.6 Å². The van der Waals surface area contributed by atoms with E-state index in [1.807, 2.05) is 0 Å². The summed E-state index contributed by atoms with van der Waals surface area (Å²) in [5.74, 6) is -0.720. The largest absolute Gasteiger partial charge is 0.497 e. The van der Waals surface area contributed by atoms with Gasteiger partial charge in [0.1, 0.15) is 18.3 Å². The molecule has 0 saturated heterocycles. The maximum absolute atomic E-state index is 13.6. The van der Waals surface area contributed by atoms with Gasteiger partial charge in [0.15, 0.2) is 0 Å². The predicted octanol–water partition coefficient (Wildman–Crippen LogP) is 4.08. The maximum Gasteiger partial charge on any atom is 0.417 e. The maximum atomic E-state index is 13.6. The molecule has 0 heterocycles. The summed E-state index contributed by atoms with van der Waals surface area (Å²) in [4.78, 5) is 27.5. The van der Waals surface area contributed by atoms with E-state index in [0.717, 1.165) is 18.4 Å². The molecule has 13 heteroatoms. The Kier molecular flexibility index (Phi) is 10.2. The average molecular weight is 564 g/mol. The highest BCUT2D eigenvalue weighted by atomic mass is 35.5. The number of carbonyl (C=O) groups is 2. The number of nitrogens with one attached hydrogen (secondary N) is 1. The number of hydrogen-bond acceptors (Lipinski definition) is 5. The minimum Gasteiger partial charge on any atom is -0.497 e. The number of alkyl halides is 3. The first-order chi connectivity index (χ1) is 17.2. The van der Waals surface area contributed by atoms with Gasteiger partial charge in [-0.1, -0.05) is 30.7 Å². The number of likely N-dealkylation sites (N-methyl/N-ethyl adjacent to an activating group) is 1. The summed E-state index contributed by atoms with van der Waals surface area (Å²) in [5, 5.41) is 2.04. The number of halogens is 4. The molecule has 0 aliphatic rings. The molecule has 0 aliphatic carbocycles. The number of methoxy groups -OCH3 is 1. The van der Waals surface area contributed by atoms with Gasteiger partial charge < -0.3 is 15.0 Å². The van der Waals surface area contributed by atoms with Gasteiger partial charge in [-0.15, -0.1) is 0 Å². The highest BCUT2D eigenvalue weighted by molar-refractivity contribution is 7.92. The predicted molar refractivity (Wildman–Crippen MR) is 135 cm³/mol. The summed E-state index contributed by atoms with van der Waals surface area (Å²) in [6.07, 6.45) is -3.86. The smallest absolute Gasteiger partial charge is 0.417 e. The lowest BCUT2D eigenvalue weighted by Gasteiger charge is -2.33. The molecule has 2 aromatic carbocycles. The van der Waals surface area contributed by atoms with Gasteiger partial charge in [0.25, 0.3) is 0 Å². The summed E-state index contributed by atoms with van der Waals surface area (Å²) < 4.78 is 71.2. The first kappa shape index (κ1) is 30.2. The van der Waals surface area contributed by atoms with Crippen LogP contribution in [-0.4, -0.2) is 57.6 Å². The lowest BCUT2D eigenvalue weighted by Crippen LogP contribution is -2.52. The van der Waals surface area contributed by atoms with Crippen molar-refractivity contribution in [3.05, 3.63) is 58.6 Å². The van der Waals surface area contributed by atoms with E-state index >= 15 is 0 Å². The Morgan fingerprint density at radius 1 is 1.14 bits per heavy atom. The third-order valence-electron chi connectivity index (χ3n) is 5.45. The molecular weight excluding hydrogens is 535 g/mol. The summed E-state index contributed by atoms with van der Waals surface area (Å²) in [7, 11) is -2.74. The Bertz CT molecular complexity index is 1220. The summed E-state index contributed by atoms with van der Waals surface area (Å²) in [6, 6.07) is 8.37. The molecule has 37 heavy (non-hydrogen) atoms. The van der Waals surface area contributed by atoms with Crippen LogP contribution in [0.5, 0.6) is 5.75 Å². The van der Waals surface area contributed by atoms with Crippen LogP contribution in [0.15, 0.2) is 42.5 Å². The monoisotopic (exact) mass is 563 g/mol. The van der Waals surface area contributed by atoms with Gasteiger partial charge in [-0.3, -0.25) is 13.9 Å². The fourth-order valence-corrected chi connectivity index (χ4v) is 4.74. The number of nitrogens with zero attached hydrogens (tertiary/aromatic N) is 2. The number of ether oxygens (including phenoxy) is 1. The molecule has 0 aromatic heterocycles. The minimum absolute atomic E-state index is 0.0717. The summed E-state index contributed by atoms with van der Waals surface area (Å²) in [5.41, 5.74) is -1.03. The van der Waals surface area contributed by atoms with E-state index in [2.05, 4.69) is 5.32 Å². The van der Waals surface area contributed by atoms with Crippen LogP contribution in [0, 0.1) is 0 Å². The number of carbonyl (C=O) groups excluding carboxylic acids is 2. The van der Waals surface area contributed by atoms with E-state index in [0.29, 0.717) is 28.2 Å². The molecule has 0 saturated carbocycles. The normalized spacial score (nSPS) is 12.5. The van der Waals surface area contributed by atoms with Gasteiger partial charge >= 0.3 is 6.18 Å². The van der Waals surface area contributed by atoms with Crippen LogP contribution in [0.2, 0.25) is 5.02 Å². The van der Waals surface area contributed by atoms with Crippen molar-refractivity contribution in [2.75, 3.05) is 30.8 Å². The van der Waals surface area contributed by atoms with Gasteiger partial charge in [0.2, 0.25) is 21.8 Å². The van der Waals surface area contributed by atoms with Gasteiger partial charge in [-0.05, 0) is 49.2 Å². The molecule has 0 unspecified atom stereocenters. The standard InChI is InChI=1S/C24H29ClF3N3O5S/c1-5-21(23(33)29-6-2)30(14-16-8-7-9-18(12-16)36-3)22(32)15-31(37(4,34)35)17-10-11-20(25)19(13-17)24(26,27)28/h7-13,21H,5-6,14-15H2,1-4H3,(H,29,33)/t21-/m0/s1. The summed E-state index contributed by atoms with van der Waals surface area (Å²) in [6.45, 7) is 2.80. The lowest BCUT2D eigenvalue weighted by atomic mass is 10.1. The number of amides is 2. The van der Waals surface area contributed by atoms with Crippen molar-refractivity contribution < 1.29 is 35.9 Å². The van der Waals surface area contributed by atoms with Crippen molar-refractivity contribution in [3.8, 4) is 5.75 Å². The van der Waals surface area contributed by atoms with Crippen LogP contribution in [0.25, 0.3) is 0 Å². The van der Waals surface area contributed by atoms with E-state index in [9.17, 15) is 31.2 Å². The molecule has 8 nitrogen and oxygen atoms in total. The number of sulfonamides is 1. The highest BCUT2D eigenvalue weighted by Gasteiger charge is 2.36. The van der Waals surface area contributed by atoms with Crippen LogP contribution in [0.3, 0.4) is 0 Å². The Hall–Kier alpha value is -2.99. The van der Waals surface area contributed by atoms with Crippen molar-refractivity contribution in [2.45, 2.75) is 39.0 Å². The van der Waals surface area contributed by atoms with Crippen molar-refractivity contribution in [2.24, 2.45) is 0 Å². The molecule has 204 valence electrons. The molecule has 2 aromatic rings. The van der Waals surface area contributed by atoms with Gasteiger partial charge in [-0.2, -0.15) is 13.2 Å². The first-order valence-electron chi connectivity index (χ1n) is 11.3. The van der Waals surface area contributed by atoms with E-state index in [1.54, 1.807) is 38.1 Å². The Labute approximate surface area is 219 Å². The number of anilines is 1. The fraction of sp³-hybridized carbons (Fsp3) is 0.417. The average Bonchev–Trinajstić information content (AvgIpc) is 2.81. The molecule has 0 aliphatic heterocycles. The van der Waals surface area contributed by atoms with Crippen LogP contribution in [0.1, 0.15) is 31.4 Å². The Morgan fingerprint density at radius 2 is 1.81 bits per heavy atom. The van der Waals surface area contributed by atoms with Crippen molar-refractivity contribution >= 4 is 39.1 Å². The second-order valence-corrected chi connectivity index (χ2v) is 10.4. The van der Waals surface area contributed by atoms with Crippen LogP contribution < -0.4 is 14.4 Å². The zero-order chi connectivity index (χ0) is 28.0. The van der Waals surface area contributed by atoms with E-state index in [1.165, 1.54) is 12.0 Å². The Balaban J connectivity index is 2.53. The van der Waals surface area contributed by atoms with E-state index in [-0.39, 0.29) is 18.7 Å². The molecule has 1 N–H and O–H groups in total. The molecule has 2 amide bonds. The number of rotatable bonds is 11. The molecule has 0 bridgehead atoms. The number of benzene rings is 2. The molecular formula is C24H29ClF3N3O5S. The second-order valence-electron chi connectivity index (χ2n) is 8.12. The van der Waals surface area contributed by atoms with Crippen LogP contribution in [-0.2, 0) is 32.3 Å². The second kappa shape index (κ2) is 12.5. The lowest BCUT2D eigenvalue weighted by molar-refractivity contribution is -0.140. The zero-order valence-corrected chi connectivity index (χ0v) is 22.4. The van der Waals surface area contributed by atoms with Crippen LogP contribution in [0.4, 0.5) is 18.9 Å². The fourth-order valence-electron chi connectivity index (χ4n) is 3.68. The molecule has 0 spiro atoms. The highest BCUT2D eigenvalue weighted by Crippen LogP contribution is 2.37.